The summed E-state index contributed by atoms with van der Waals surface area (Å²) in [5.74, 6) is 1.11. The summed E-state index contributed by atoms with van der Waals surface area (Å²) >= 11 is 0. The van der Waals surface area contributed by atoms with Gasteiger partial charge in [0.25, 0.3) is 0 Å². The van der Waals surface area contributed by atoms with E-state index in [1.165, 1.54) is 0 Å². The van der Waals surface area contributed by atoms with Gasteiger partial charge in [-0.25, -0.2) is 13.1 Å². The number of para-hydroxylation sites is 1. The predicted octanol–water partition coefficient (Wildman–Crippen LogP) is 1.46. The van der Waals surface area contributed by atoms with Crippen molar-refractivity contribution in [3.05, 3.63) is 24.3 Å². The summed E-state index contributed by atoms with van der Waals surface area (Å²) in [7, 11) is -3.49. The molecule has 0 unspecified atom stereocenters. The van der Waals surface area contributed by atoms with Gasteiger partial charge in [0.2, 0.25) is 10.0 Å². The summed E-state index contributed by atoms with van der Waals surface area (Å²) < 4.78 is 33.6. The minimum absolute atomic E-state index is 0.115. The maximum Gasteiger partial charge on any atom is 0.244 e. The monoisotopic (exact) mass is 310 g/mol. The minimum Gasteiger partial charge on any atom is -0.486 e. The lowest BCUT2D eigenvalue weighted by molar-refractivity contribution is 0.184. The average molecular weight is 310 g/mol. The summed E-state index contributed by atoms with van der Waals surface area (Å²) in [6.45, 7) is 6.86. The summed E-state index contributed by atoms with van der Waals surface area (Å²) in [6, 6.07) is 6.68. The molecule has 2 heterocycles. The van der Waals surface area contributed by atoms with Crippen LogP contribution in [0.4, 0.5) is 0 Å². The van der Waals surface area contributed by atoms with Crippen molar-refractivity contribution in [2.75, 3.05) is 19.6 Å². The lowest BCUT2D eigenvalue weighted by Crippen LogP contribution is -2.42. The normalized spacial score (nSPS) is 27.8. The van der Waals surface area contributed by atoms with Gasteiger partial charge in [0.05, 0.1) is 6.04 Å². The lowest BCUT2D eigenvalue weighted by atomic mass is 10.1. The molecule has 1 N–H and O–H groups in total. The van der Waals surface area contributed by atoms with E-state index >= 15 is 0 Å². The molecule has 0 bridgehead atoms. The zero-order valence-electron chi connectivity index (χ0n) is 12.5. The van der Waals surface area contributed by atoms with E-state index in [9.17, 15) is 8.42 Å². The van der Waals surface area contributed by atoms with E-state index in [1.54, 1.807) is 24.3 Å². The molecule has 1 saturated heterocycles. The van der Waals surface area contributed by atoms with Crippen molar-refractivity contribution >= 4 is 10.0 Å². The number of sulfonamides is 1. The molecular weight excluding hydrogens is 288 g/mol. The molecule has 0 aromatic heterocycles. The number of ether oxygens (including phenoxy) is 1. The van der Waals surface area contributed by atoms with Crippen LogP contribution in [0, 0.1) is 5.92 Å². The molecule has 0 aliphatic carbocycles. The lowest BCUT2D eigenvalue weighted by Gasteiger charge is -2.17. The Kier molecular flexibility index (Phi) is 3.94. The average Bonchev–Trinajstić information content (AvgIpc) is 2.74. The quantitative estimate of drug-likeness (QED) is 0.918. The number of hydrogen-bond donors (Lipinski definition) is 1. The third kappa shape index (κ3) is 3.07. The molecule has 1 aromatic rings. The van der Waals surface area contributed by atoms with Crippen LogP contribution in [0.25, 0.3) is 0 Å². The third-order valence-corrected chi connectivity index (χ3v) is 5.62. The van der Waals surface area contributed by atoms with E-state index in [0.29, 0.717) is 18.2 Å². The second kappa shape index (κ2) is 5.59. The molecule has 2 aliphatic heterocycles. The van der Waals surface area contributed by atoms with Gasteiger partial charge in [-0.1, -0.05) is 26.0 Å². The summed E-state index contributed by atoms with van der Waals surface area (Å²) in [5.41, 5.74) is 0. The Bertz CT molecular complexity index is 615. The minimum atomic E-state index is -3.49. The highest BCUT2D eigenvalue weighted by Gasteiger charge is 2.40. The van der Waals surface area contributed by atoms with Gasteiger partial charge in [-0.2, -0.15) is 0 Å². The smallest absolute Gasteiger partial charge is 0.244 e. The Morgan fingerprint density at radius 3 is 2.86 bits per heavy atom. The first-order chi connectivity index (χ1) is 9.95. The fraction of sp³-hybridized carbons (Fsp3) is 0.600. The Hall–Kier alpha value is -1.11. The maximum absolute atomic E-state index is 12.4. The van der Waals surface area contributed by atoms with Crippen molar-refractivity contribution in [2.24, 2.45) is 5.92 Å². The molecule has 1 fully saturated rings. The van der Waals surface area contributed by atoms with Gasteiger partial charge in [0.15, 0.2) is 0 Å². The SMILES string of the molecule is CC(C)CCN1C[C@@H]2Oc3ccccc3S(=O)(=O)N[C@@H]2C1. The Balaban J connectivity index is 1.80. The molecule has 1 aromatic carbocycles. The zero-order valence-corrected chi connectivity index (χ0v) is 13.3. The topological polar surface area (TPSA) is 58.6 Å². The van der Waals surface area contributed by atoms with Gasteiger partial charge >= 0.3 is 0 Å². The van der Waals surface area contributed by atoms with Crippen molar-refractivity contribution in [1.29, 1.82) is 0 Å². The molecule has 0 amide bonds. The summed E-state index contributed by atoms with van der Waals surface area (Å²) in [4.78, 5) is 2.53. The molecule has 21 heavy (non-hydrogen) atoms. The van der Waals surface area contributed by atoms with E-state index in [-0.39, 0.29) is 17.0 Å². The van der Waals surface area contributed by atoms with E-state index in [0.717, 1.165) is 19.5 Å². The molecule has 116 valence electrons. The van der Waals surface area contributed by atoms with Crippen LogP contribution in [-0.4, -0.2) is 45.1 Å². The van der Waals surface area contributed by atoms with Crippen LogP contribution in [-0.2, 0) is 10.0 Å². The van der Waals surface area contributed by atoms with Crippen LogP contribution in [0.15, 0.2) is 29.2 Å². The molecule has 2 aliphatic rings. The van der Waals surface area contributed by atoms with E-state index in [1.807, 2.05) is 0 Å². The Labute approximate surface area is 126 Å². The molecule has 6 heteroatoms. The molecule has 5 nitrogen and oxygen atoms in total. The number of likely N-dealkylation sites (tertiary alicyclic amines) is 1. The first-order valence-corrected chi connectivity index (χ1v) is 8.94. The number of rotatable bonds is 3. The number of benzene rings is 1. The van der Waals surface area contributed by atoms with E-state index < -0.39 is 10.0 Å². The van der Waals surface area contributed by atoms with Gasteiger partial charge in [-0.15, -0.1) is 0 Å². The zero-order chi connectivity index (χ0) is 15.0. The Morgan fingerprint density at radius 1 is 1.33 bits per heavy atom. The fourth-order valence-electron chi connectivity index (χ4n) is 2.90. The highest BCUT2D eigenvalue weighted by atomic mass is 32.2. The van der Waals surface area contributed by atoms with Crippen LogP contribution < -0.4 is 9.46 Å². The second-order valence-electron chi connectivity index (χ2n) is 6.27. The molecule has 2 atom stereocenters. The van der Waals surface area contributed by atoms with Crippen LogP contribution in [0.1, 0.15) is 20.3 Å². The van der Waals surface area contributed by atoms with Gasteiger partial charge < -0.3 is 4.74 Å². The molecular formula is C15H22N2O3S. The predicted molar refractivity (Wildman–Crippen MR) is 80.9 cm³/mol. The second-order valence-corrected chi connectivity index (χ2v) is 7.96. The van der Waals surface area contributed by atoms with Gasteiger partial charge in [0.1, 0.15) is 16.7 Å². The van der Waals surface area contributed by atoms with Crippen LogP contribution in [0.5, 0.6) is 5.75 Å². The van der Waals surface area contributed by atoms with Crippen molar-refractivity contribution in [3.63, 3.8) is 0 Å². The molecule has 0 spiro atoms. The van der Waals surface area contributed by atoms with E-state index in [2.05, 4.69) is 23.5 Å². The largest absolute Gasteiger partial charge is 0.486 e. The van der Waals surface area contributed by atoms with Crippen LogP contribution in [0.3, 0.4) is 0 Å². The van der Waals surface area contributed by atoms with E-state index in [4.69, 9.17) is 4.74 Å². The Morgan fingerprint density at radius 2 is 2.10 bits per heavy atom. The number of fused-ring (bicyclic) bond motifs is 2. The first kappa shape index (κ1) is 14.8. The van der Waals surface area contributed by atoms with Gasteiger partial charge in [-0.3, -0.25) is 4.90 Å². The first-order valence-electron chi connectivity index (χ1n) is 7.46. The van der Waals surface area contributed by atoms with Crippen molar-refractivity contribution in [3.8, 4) is 5.75 Å². The van der Waals surface area contributed by atoms with Crippen LogP contribution >= 0.6 is 0 Å². The fourth-order valence-corrected chi connectivity index (χ4v) is 4.29. The number of nitrogens with one attached hydrogen (secondary N) is 1. The standard InChI is InChI=1S/C15H22N2O3S/c1-11(2)7-8-17-9-12-14(10-17)20-13-5-3-4-6-15(13)21(18,19)16-12/h3-6,11-12,14,16H,7-10H2,1-2H3/t12-,14+/m1/s1. The summed E-state index contributed by atoms with van der Waals surface area (Å²) in [5, 5.41) is 0. The maximum atomic E-state index is 12.4. The number of hydrogen-bond acceptors (Lipinski definition) is 4. The van der Waals surface area contributed by atoms with Gasteiger partial charge in [-0.05, 0) is 31.0 Å². The third-order valence-electron chi connectivity index (χ3n) is 4.09. The van der Waals surface area contributed by atoms with Gasteiger partial charge in [0, 0.05) is 13.1 Å². The van der Waals surface area contributed by atoms with Crippen molar-refractivity contribution in [2.45, 2.75) is 37.3 Å². The molecule has 0 radical (unpaired) electrons. The molecule has 3 rings (SSSR count). The highest BCUT2D eigenvalue weighted by molar-refractivity contribution is 7.89. The van der Waals surface area contributed by atoms with Crippen molar-refractivity contribution in [1.82, 2.24) is 9.62 Å². The number of nitrogens with zero attached hydrogens (tertiary/aromatic N) is 1. The highest BCUT2D eigenvalue weighted by Crippen LogP contribution is 2.30. The van der Waals surface area contributed by atoms with Crippen LogP contribution in [0.2, 0.25) is 0 Å². The van der Waals surface area contributed by atoms with Crippen molar-refractivity contribution < 1.29 is 13.2 Å². The molecule has 0 saturated carbocycles. The summed E-state index contributed by atoms with van der Waals surface area (Å²) in [6.07, 6.45) is 0.999.